The Morgan fingerprint density at radius 2 is 2.00 bits per heavy atom. The van der Waals surface area contributed by atoms with E-state index < -0.39 is 0 Å². The molecule has 1 N–H and O–H groups in total. The Labute approximate surface area is 119 Å². The van der Waals surface area contributed by atoms with Crippen LogP contribution in [0.5, 0.6) is 5.88 Å². The smallest absolute Gasteiger partial charge is 0.229 e. The number of pyridine rings is 1. The average Bonchev–Trinajstić information content (AvgIpc) is 2.90. The summed E-state index contributed by atoms with van der Waals surface area (Å²) in [7, 11) is 0. The van der Waals surface area contributed by atoms with E-state index in [2.05, 4.69) is 11.1 Å². The minimum Gasteiger partial charge on any atom is -0.492 e. The molecule has 0 amide bonds. The highest BCUT2D eigenvalue weighted by molar-refractivity contribution is 5.52. The first-order valence-corrected chi connectivity index (χ1v) is 7.30. The summed E-state index contributed by atoms with van der Waals surface area (Å²) in [6, 6.07) is 2.11. The minimum absolute atomic E-state index is 0.106. The zero-order valence-electron chi connectivity index (χ0n) is 12.1. The van der Waals surface area contributed by atoms with E-state index in [0.29, 0.717) is 24.5 Å². The summed E-state index contributed by atoms with van der Waals surface area (Å²) in [5, 5.41) is 19.4. The van der Waals surface area contributed by atoms with Gasteiger partial charge in [-0.05, 0) is 32.3 Å². The quantitative estimate of drug-likeness (QED) is 0.852. The Balaban J connectivity index is 2.15. The third-order valence-electron chi connectivity index (χ3n) is 4.49. The van der Waals surface area contributed by atoms with Crippen molar-refractivity contribution in [3.63, 3.8) is 0 Å². The van der Waals surface area contributed by atoms with Gasteiger partial charge >= 0.3 is 0 Å². The standard InChI is InChI=1S/C16H20N2O2/c1-16(2)7-11-12(8-17)15(19)18-14(13(11)9-20-16)10-5-3-4-6-10/h10H,3-7,9H2,1-2H3,(H,18,19). The van der Waals surface area contributed by atoms with Gasteiger partial charge in [-0.3, -0.25) is 0 Å². The lowest BCUT2D eigenvalue weighted by Crippen LogP contribution is -2.33. The van der Waals surface area contributed by atoms with E-state index in [1.165, 1.54) is 12.8 Å². The molecular weight excluding hydrogens is 252 g/mol. The number of aromatic nitrogens is 1. The molecule has 20 heavy (non-hydrogen) atoms. The molecule has 1 saturated carbocycles. The highest BCUT2D eigenvalue weighted by Crippen LogP contribution is 2.41. The van der Waals surface area contributed by atoms with Gasteiger partial charge in [0.2, 0.25) is 5.88 Å². The van der Waals surface area contributed by atoms with Crippen LogP contribution in [-0.2, 0) is 17.8 Å². The summed E-state index contributed by atoms with van der Waals surface area (Å²) in [5.41, 5.74) is 2.99. The second-order valence-electron chi connectivity index (χ2n) is 6.47. The van der Waals surface area contributed by atoms with Gasteiger partial charge in [0.25, 0.3) is 0 Å². The number of fused-ring (bicyclic) bond motifs is 1. The molecule has 1 aliphatic heterocycles. The summed E-state index contributed by atoms with van der Waals surface area (Å²) in [4.78, 5) is 4.34. The molecule has 1 aliphatic carbocycles. The van der Waals surface area contributed by atoms with Crippen LogP contribution >= 0.6 is 0 Å². The molecule has 0 aromatic carbocycles. The summed E-state index contributed by atoms with van der Waals surface area (Å²) >= 11 is 0. The number of nitriles is 1. The van der Waals surface area contributed by atoms with Crippen molar-refractivity contribution in [3.8, 4) is 11.9 Å². The van der Waals surface area contributed by atoms with Crippen LogP contribution in [0.3, 0.4) is 0 Å². The first kappa shape index (κ1) is 13.4. The van der Waals surface area contributed by atoms with E-state index >= 15 is 0 Å². The van der Waals surface area contributed by atoms with Crippen LogP contribution in [0.2, 0.25) is 0 Å². The second-order valence-corrected chi connectivity index (χ2v) is 6.47. The lowest BCUT2D eigenvalue weighted by Gasteiger charge is -2.34. The van der Waals surface area contributed by atoms with Crippen molar-refractivity contribution in [1.82, 2.24) is 4.98 Å². The normalized spacial score (nSPS) is 21.4. The highest BCUT2D eigenvalue weighted by atomic mass is 16.5. The van der Waals surface area contributed by atoms with E-state index in [1.807, 2.05) is 13.8 Å². The van der Waals surface area contributed by atoms with Gasteiger partial charge < -0.3 is 9.84 Å². The van der Waals surface area contributed by atoms with Crippen LogP contribution in [0.15, 0.2) is 0 Å². The fourth-order valence-corrected chi connectivity index (χ4v) is 3.43. The maximum absolute atomic E-state index is 10.1. The average molecular weight is 272 g/mol. The maximum atomic E-state index is 10.1. The summed E-state index contributed by atoms with van der Waals surface area (Å²) in [5.74, 6) is 0.304. The summed E-state index contributed by atoms with van der Waals surface area (Å²) in [6.45, 7) is 4.53. The number of nitrogens with zero attached hydrogens (tertiary/aromatic N) is 2. The van der Waals surface area contributed by atoms with Crippen molar-refractivity contribution in [1.29, 1.82) is 5.26 Å². The van der Waals surface area contributed by atoms with E-state index in [9.17, 15) is 10.4 Å². The SMILES string of the molecule is CC1(C)Cc2c(C#N)c(O)nc(C3CCCC3)c2CO1. The lowest BCUT2D eigenvalue weighted by molar-refractivity contribution is -0.0409. The van der Waals surface area contributed by atoms with Crippen LogP contribution in [0.25, 0.3) is 0 Å². The van der Waals surface area contributed by atoms with E-state index in [1.54, 1.807) is 0 Å². The number of hydrogen-bond acceptors (Lipinski definition) is 4. The molecule has 0 radical (unpaired) electrons. The lowest BCUT2D eigenvalue weighted by atomic mass is 9.85. The molecule has 106 valence electrons. The first-order chi connectivity index (χ1) is 9.52. The van der Waals surface area contributed by atoms with Gasteiger partial charge in [0.1, 0.15) is 11.6 Å². The number of aromatic hydroxyl groups is 1. The summed E-state index contributed by atoms with van der Waals surface area (Å²) in [6.07, 6.45) is 5.33. The van der Waals surface area contributed by atoms with Gasteiger partial charge in [-0.1, -0.05) is 12.8 Å². The molecule has 4 nitrogen and oxygen atoms in total. The van der Waals surface area contributed by atoms with Gasteiger partial charge in [0.05, 0.1) is 17.9 Å². The van der Waals surface area contributed by atoms with Gasteiger partial charge in [0, 0.05) is 17.9 Å². The van der Waals surface area contributed by atoms with Crippen LogP contribution in [0.4, 0.5) is 0 Å². The number of ether oxygens (including phenoxy) is 1. The maximum Gasteiger partial charge on any atom is 0.229 e. The monoisotopic (exact) mass is 272 g/mol. The molecule has 0 bridgehead atoms. The van der Waals surface area contributed by atoms with Gasteiger partial charge in [-0.15, -0.1) is 0 Å². The predicted molar refractivity (Wildman–Crippen MR) is 74.4 cm³/mol. The topological polar surface area (TPSA) is 66.1 Å². The molecular formula is C16H20N2O2. The highest BCUT2D eigenvalue weighted by Gasteiger charge is 2.34. The van der Waals surface area contributed by atoms with E-state index in [4.69, 9.17) is 4.74 Å². The Hall–Kier alpha value is -1.60. The van der Waals surface area contributed by atoms with Gasteiger partial charge in [-0.2, -0.15) is 5.26 Å². The largest absolute Gasteiger partial charge is 0.492 e. The first-order valence-electron chi connectivity index (χ1n) is 7.30. The molecule has 0 saturated heterocycles. The van der Waals surface area contributed by atoms with E-state index in [-0.39, 0.29) is 11.5 Å². The molecule has 0 atom stereocenters. The van der Waals surface area contributed by atoms with Gasteiger partial charge in [0.15, 0.2) is 0 Å². The molecule has 4 heteroatoms. The predicted octanol–water partition coefficient (Wildman–Crippen LogP) is 3.17. The molecule has 0 spiro atoms. The number of rotatable bonds is 1. The fourth-order valence-electron chi connectivity index (χ4n) is 3.43. The van der Waals surface area contributed by atoms with E-state index in [0.717, 1.165) is 29.7 Å². The Kier molecular flexibility index (Phi) is 3.18. The molecule has 1 aromatic heterocycles. The van der Waals surface area contributed by atoms with Crippen molar-refractivity contribution in [2.45, 2.75) is 64.1 Å². The van der Waals surface area contributed by atoms with Crippen molar-refractivity contribution >= 4 is 0 Å². The van der Waals surface area contributed by atoms with Crippen LogP contribution < -0.4 is 0 Å². The zero-order valence-corrected chi connectivity index (χ0v) is 12.1. The fraction of sp³-hybridized carbons (Fsp3) is 0.625. The number of hydrogen-bond donors (Lipinski definition) is 1. The van der Waals surface area contributed by atoms with Crippen molar-refractivity contribution in [3.05, 3.63) is 22.4 Å². The third-order valence-corrected chi connectivity index (χ3v) is 4.49. The minimum atomic E-state index is -0.292. The zero-order chi connectivity index (χ0) is 14.3. The molecule has 1 aromatic rings. The Bertz CT molecular complexity index is 581. The summed E-state index contributed by atoms with van der Waals surface area (Å²) < 4.78 is 5.90. The Morgan fingerprint density at radius 1 is 1.30 bits per heavy atom. The molecule has 2 aliphatic rings. The molecule has 3 rings (SSSR count). The van der Waals surface area contributed by atoms with Crippen molar-refractivity contribution < 1.29 is 9.84 Å². The van der Waals surface area contributed by atoms with Crippen LogP contribution in [0, 0.1) is 11.3 Å². The molecule has 2 heterocycles. The second kappa shape index (κ2) is 4.75. The van der Waals surface area contributed by atoms with Crippen molar-refractivity contribution in [2.24, 2.45) is 0 Å². The molecule has 1 fully saturated rings. The molecule has 0 unspecified atom stereocenters. The van der Waals surface area contributed by atoms with Crippen molar-refractivity contribution in [2.75, 3.05) is 0 Å². The van der Waals surface area contributed by atoms with Crippen LogP contribution in [-0.4, -0.2) is 15.7 Å². The third kappa shape index (κ3) is 2.16. The van der Waals surface area contributed by atoms with Crippen LogP contribution in [0.1, 0.15) is 67.8 Å². The van der Waals surface area contributed by atoms with Gasteiger partial charge in [-0.25, -0.2) is 4.98 Å². The Morgan fingerprint density at radius 3 is 2.65 bits per heavy atom.